The van der Waals surface area contributed by atoms with E-state index in [1.54, 1.807) is 0 Å². The Hall–Kier alpha value is 0.710. The molecule has 3 N–H and O–H groups in total. The number of halogens is 3. The zero-order valence-corrected chi connectivity index (χ0v) is 15.6. The molecule has 0 radical (unpaired) electrons. The zero-order valence-electron chi connectivity index (χ0n) is 13.1. The Morgan fingerprint density at radius 2 is 1.33 bits per heavy atom. The second-order valence-corrected chi connectivity index (χ2v) is 6.38. The third kappa shape index (κ3) is 7.21. The zero-order chi connectivity index (χ0) is 13.1. The van der Waals surface area contributed by atoms with Gasteiger partial charge in [0.2, 0.25) is 0 Å². The van der Waals surface area contributed by atoms with Gasteiger partial charge in [-0.1, -0.05) is 13.8 Å². The van der Waals surface area contributed by atoms with Crippen molar-refractivity contribution in [1.82, 2.24) is 9.80 Å². The number of nitrogens with two attached hydrogens (primary N) is 1. The Morgan fingerprint density at radius 1 is 0.905 bits per heavy atom. The molecule has 4 nitrogen and oxygen atoms in total. The van der Waals surface area contributed by atoms with Crippen molar-refractivity contribution in [3.8, 4) is 0 Å². The fraction of sp³-hybridized carbons (Fsp3) is 1.00. The van der Waals surface area contributed by atoms with Crippen LogP contribution in [-0.2, 0) is 0 Å². The van der Waals surface area contributed by atoms with Crippen LogP contribution in [0.3, 0.4) is 0 Å². The van der Waals surface area contributed by atoms with Gasteiger partial charge in [-0.3, -0.25) is 0 Å². The average Bonchev–Trinajstić information content (AvgIpc) is 2.35. The first kappa shape index (κ1) is 24.0. The summed E-state index contributed by atoms with van der Waals surface area (Å²) in [7, 11) is 0. The van der Waals surface area contributed by atoms with Gasteiger partial charge in [-0.2, -0.15) is 0 Å². The SMILES string of the molecule is CC1CN(CCN2CCC(N)CC2)CC(C)C1O.Cl.Cl.Cl. The normalized spacial score (nSPS) is 31.7. The van der Waals surface area contributed by atoms with Gasteiger partial charge in [0.1, 0.15) is 0 Å². The summed E-state index contributed by atoms with van der Waals surface area (Å²) in [6.45, 7) is 11.0. The number of piperidine rings is 2. The molecule has 0 bridgehead atoms. The Labute approximate surface area is 148 Å². The number of nitrogens with zero attached hydrogens (tertiary/aromatic N) is 2. The second-order valence-electron chi connectivity index (χ2n) is 6.38. The van der Waals surface area contributed by atoms with Crippen LogP contribution in [0, 0.1) is 11.8 Å². The van der Waals surface area contributed by atoms with Crippen LogP contribution in [-0.4, -0.2) is 66.3 Å². The molecule has 21 heavy (non-hydrogen) atoms. The minimum absolute atomic E-state index is 0. The van der Waals surface area contributed by atoms with Gasteiger partial charge in [0.05, 0.1) is 6.10 Å². The molecule has 2 saturated heterocycles. The van der Waals surface area contributed by atoms with Crippen LogP contribution in [0.1, 0.15) is 26.7 Å². The number of likely N-dealkylation sites (tertiary alicyclic amines) is 2. The highest BCUT2D eigenvalue weighted by atomic mass is 35.5. The van der Waals surface area contributed by atoms with Gasteiger partial charge in [0.15, 0.2) is 0 Å². The van der Waals surface area contributed by atoms with Gasteiger partial charge in [0.25, 0.3) is 0 Å². The van der Waals surface area contributed by atoms with Crippen molar-refractivity contribution in [3.63, 3.8) is 0 Å². The van der Waals surface area contributed by atoms with Gasteiger partial charge in [-0.05, 0) is 37.8 Å². The molecule has 2 unspecified atom stereocenters. The number of aliphatic hydroxyl groups is 1. The van der Waals surface area contributed by atoms with Crippen LogP contribution in [0.4, 0.5) is 0 Å². The van der Waals surface area contributed by atoms with Gasteiger partial charge in [-0.25, -0.2) is 0 Å². The quantitative estimate of drug-likeness (QED) is 0.799. The Balaban J connectivity index is 0. The largest absolute Gasteiger partial charge is 0.392 e. The highest BCUT2D eigenvalue weighted by molar-refractivity contribution is 5.86. The molecule has 0 aromatic heterocycles. The first-order chi connectivity index (χ1) is 8.56. The van der Waals surface area contributed by atoms with Gasteiger partial charge in [-0.15, -0.1) is 37.2 Å². The van der Waals surface area contributed by atoms with E-state index in [-0.39, 0.29) is 43.3 Å². The number of hydrogen-bond acceptors (Lipinski definition) is 4. The summed E-state index contributed by atoms with van der Waals surface area (Å²) in [6.07, 6.45) is 2.17. The van der Waals surface area contributed by atoms with Crippen molar-refractivity contribution in [2.24, 2.45) is 17.6 Å². The predicted molar refractivity (Wildman–Crippen MR) is 96.2 cm³/mol. The maximum atomic E-state index is 9.96. The van der Waals surface area contributed by atoms with E-state index in [1.807, 2.05) is 0 Å². The summed E-state index contributed by atoms with van der Waals surface area (Å²) in [5.41, 5.74) is 5.92. The fourth-order valence-electron chi connectivity index (χ4n) is 3.31. The summed E-state index contributed by atoms with van der Waals surface area (Å²) < 4.78 is 0. The highest BCUT2D eigenvalue weighted by Gasteiger charge is 2.30. The summed E-state index contributed by atoms with van der Waals surface area (Å²) in [6, 6.07) is 0.423. The minimum atomic E-state index is -0.116. The van der Waals surface area contributed by atoms with Crippen LogP contribution < -0.4 is 5.73 Å². The maximum Gasteiger partial charge on any atom is 0.0615 e. The van der Waals surface area contributed by atoms with E-state index in [9.17, 15) is 5.11 Å². The van der Waals surface area contributed by atoms with Crippen LogP contribution in [0.25, 0.3) is 0 Å². The molecule has 0 aliphatic carbocycles. The lowest BCUT2D eigenvalue weighted by Gasteiger charge is -2.40. The molecule has 2 aliphatic rings. The molecule has 2 atom stereocenters. The predicted octanol–water partition coefficient (Wildman–Crippen LogP) is 1.62. The summed E-state index contributed by atoms with van der Waals surface area (Å²) >= 11 is 0. The Bertz CT molecular complexity index is 254. The first-order valence-electron chi connectivity index (χ1n) is 7.44. The van der Waals surface area contributed by atoms with Crippen molar-refractivity contribution in [3.05, 3.63) is 0 Å². The average molecular weight is 365 g/mol. The van der Waals surface area contributed by atoms with Crippen LogP contribution >= 0.6 is 37.2 Å². The molecule has 130 valence electrons. The monoisotopic (exact) mass is 363 g/mol. The van der Waals surface area contributed by atoms with E-state index in [0.717, 1.165) is 52.1 Å². The van der Waals surface area contributed by atoms with Gasteiger partial charge < -0.3 is 20.6 Å². The molecule has 0 aromatic rings. The molecular weight excluding hydrogens is 333 g/mol. The second kappa shape index (κ2) is 11.3. The van der Waals surface area contributed by atoms with E-state index in [2.05, 4.69) is 23.6 Å². The molecule has 0 saturated carbocycles. The van der Waals surface area contributed by atoms with Crippen molar-refractivity contribution < 1.29 is 5.11 Å². The third-order valence-corrected chi connectivity index (χ3v) is 4.62. The molecule has 0 spiro atoms. The molecule has 2 heterocycles. The molecule has 2 rings (SSSR count). The van der Waals surface area contributed by atoms with Crippen molar-refractivity contribution in [2.75, 3.05) is 39.3 Å². The molecule has 7 heteroatoms. The van der Waals surface area contributed by atoms with E-state index < -0.39 is 0 Å². The lowest BCUT2D eigenvalue weighted by atomic mass is 9.88. The van der Waals surface area contributed by atoms with Crippen molar-refractivity contribution >= 4 is 37.2 Å². The van der Waals surface area contributed by atoms with Gasteiger partial charge >= 0.3 is 0 Å². The number of aliphatic hydroxyl groups excluding tert-OH is 1. The third-order valence-electron chi connectivity index (χ3n) is 4.62. The molecule has 0 aromatic carbocycles. The van der Waals surface area contributed by atoms with Crippen molar-refractivity contribution in [2.45, 2.75) is 38.8 Å². The molecule has 2 fully saturated rings. The fourth-order valence-corrected chi connectivity index (χ4v) is 3.31. The maximum absolute atomic E-state index is 9.96. The van der Waals surface area contributed by atoms with E-state index in [0.29, 0.717) is 17.9 Å². The lowest BCUT2D eigenvalue weighted by Crippen LogP contribution is -2.50. The number of rotatable bonds is 3. The molecule has 0 amide bonds. The van der Waals surface area contributed by atoms with E-state index in [4.69, 9.17) is 5.73 Å². The molecular formula is C14H32Cl3N3O. The summed E-state index contributed by atoms with van der Waals surface area (Å²) in [5, 5.41) is 9.96. The molecule has 2 aliphatic heterocycles. The van der Waals surface area contributed by atoms with Gasteiger partial charge in [0, 0.05) is 32.2 Å². The minimum Gasteiger partial charge on any atom is -0.392 e. The van der Waals surface area contributed by atoms with Crippen LogP contribution in [0.15, 0.2) is 0 Å². The van der Waals surface area contributed by atoms with Crippen molar-refractivity contribution in [1.29, 1.82) is 0 Å². The Morgan fingerprint density at radius 3 is 1.81 bits per heavy atom. The lowest BCUT2D eigenvalue weighted by molar-refractivity contribution is -0.0108. The smallest absolute Gasteiger partial charge is 0.0615 e. The topological polar surface area (TPSA) is 52.7 Å². The summed E-state index contributed by atoms with van der Waals surface area (Å²) in [4.78, 5) is 5.04. The van der Waals surface area contributed by atoms with Crippen LogP contribution in [0.2, 0.25) is 0 Å². The van der Waals surface area contributed by atoms with E-state index >= 15 is 0 Å². The van der Waals surface area contributed by atoms with Crippen LogP contribution in [0.5, 0.6) is 0 Å². The standard InChI is InChI=1S/C14H29N3O.3ClH/c1-11-9-17(10-12(2)14(11)18)8-7-16-5-3-13(15)4-6-16;;;/h11-14,18H,3-10,15H2,1-2H3;3*1H. The van der Waals surface area contributed by atoms with E-state index in [1.165, 1.54) is 0 Å². The Kier molecular flexibility index (Phi) is 12.9. The summed E-state index contributed by atoms with van der Waals surface area (Å²) in [5.74, 6) is 0.812. The first-order valence-corrected chi connectivity index (χ1v) is 7.44. The number of hydrogen-bond donors (Lipinski definition) is 2. The highest BCUT2D eigenvalue weighted by Crippen LogP contribution is 2.21.